The number of hydrogen-bond acceptors (Lipinski definition) is 3. The lowest BCUT2D eigenvalue weighted by Gasteiger charge is -2.08. The highest BCUT2D eigenvalue weighted by molar-refractivity contribution is 9.10. The number of amides is 2. The minimum atomic E-state index is -0.263. The van der Waals surface area contributed by atoms with Crippen LogP contribution >= 0.6 is 15.9 Å². The van der Waals surface area contributed by atoms with Gasteiger partial charge in [-0.25, -0.2) is 0 Å². The Bertz CT molecular complexity index is 684. The first kappa shape index (κ1) is 18.0. The third-order valence-corrected chi connectivity index (χ3v) is 3.68. The summed E-state index contributed by atoms with van der Waals surface area (Å²) in [5.74, 6) is 0.241. The smallest absolute Gasteiger partial charge is 0.262 e. The maximum absolute atomic E-state index is 11.9. The van der Waals surface area contributed by atoms with Crippen LogP contribution in [0.2, 0.25) is 0 Å². The van der Waals surface area contributed by atoms with E-state index >= 15 is 0 Å². The van der Waals surface area contributed by atoms with Gasteiger partial charge >= 0.3 is 0 Å². The molecule has 0 aliphatic heterocycles. The first-order chi connectivity index (χ1) is 11.6. The van der Waals surface area contributed by atoms with Gasteiger partial charge < -0.3 is 15.4 Å². The van der Waals surface area contributed by atoms with Gasteiger partial charge in [0.15, 0.2) is 6.61 Å². The Morgan fingerprint density at radius 2 is 1.71 bits per heavy atom. The Morgan fingerprint density at radius 1 is 1.04 bits per heavy atom. The van der Waals surface area contributed by atoms with Crippen LogP contribution in [0.25, 0.3) is 0 Å². The molecule has 126 valence electrons. The normalized spacial score (nSPS) is 10.1. The van der Waals surface area contributed by atoms with Crippen LogP contribution in [-0.2, 0) is 4.79 Å². The molecule has 0 fully saturated rings. The number of hydrogen-bond donors (Lipinski definition) is 2. The third kappa shape index (κ3) is 5.70. The summed E-state index contributed by atoms with van der Waals surface area (Å²) >= 11 is 3.34. The lowest BCUT2D eigenvalue weighted by Crippen LogP contribution is -2.24. The number of benzene rings is 2. The van der Waals surface area contributed by atoms with Gasteiger partial charge in [0, 0.05) is 22.3 Å². The predicted octanol–water partition coefficient (Wildman–Crippen LogP) is 3.61. The minimum Gasteiger partial charge on any atom is -0.484 e. The lowest BCUT2D eigenvalue weighted by molar-refractivity contribution is -0.118. The highest BCUT2D eigenvalue weighted by atomic mass is 79.9. The molecule has 0 saturated heterocycles. The van der Waals surface area contributed by atoms with Crippen molar-refractivity contribution in [1.29, 1.82) is 0 Å². The van der Waals surface area contributed by atoms with Gasteiger partial charge in [-0.2, -0.15) is 0 Å². The predicted molar refractivity (Wildman–Crippen MR) is 97.3 cm³/mol. The van der Waals surface area contributed by atoms with Crippen LogP contribution in [0.3, 0.4) is 0 Å². The molecule has 0 aromatic heterocycles. The van der Waals surface area contributed by atoms with E-state index in [9.17, 15) is 9.59 Å². The van der Waals surface area contributed by atoms with Gasteiger partial charge in [-0.05, 0) is 55.0 Å². The van der Waals surface area contributed by atoms with Crippen LogP contribution in [0.1, 0.15) is 23.7 Å². The Hall–Kier alpha value is -2.34. The monoisotopic (exact) mass is 390 g/mol. The molecule has 0 spiro atoms. The number of carbonyl (C=O) groups excluding carboxylic acids is 2. The molecule has 2 amide bonds. The molecule has 0 unspecified atom stereocenters. The molecule has 2 rings (SSSR count). The number of anilines is 1. The summed E-state index contributed by atoms with van der Waals surface area (Å²) in [7, 11) is 0. The highest BCUT2D eigenvalue weighted by Gasteiger charge is 2.07. The molecule has 2 aromatic rings. The Balaban J connectivity index is 1.83. The summed E-state index contributed by atoms with van der Waals surface area (Å²) in [4.78, 5) is 23.7. The van der Waals surface area contributed by atoms with E-state index in [1.165, 1.54) is 0 Å². The molecule has 6 heteroatoms. The summed E-state index contributed by atoms with van der Waals surface area (Å²) in [6, 6.07) is 14.0. The fourth-order valence-corrected chi connectivity index (χ4v) is 2.19. The van der Waals surface area contributed by atoms with Crippen LogP contribution < -0.4 is 15.4 Å². The van der Waals surface area contributed by atoms with E-state index in [0.29, 0.717) is 23.5 Å². The summed E-state index contributed by atoms with van der Waals surface area (Å²) in [5, 5.41) is 5.53. The minimum absolute atomic E-state index is 0.0830. The molecule has 2 N–H and O–H groups in total. The average Bonchev–Trinajstić information content (AvgIpc) is 2.60. The molecule has 0 saturated carbocycles. The molecule has 5 nitrogen and oxygen atoms in total. The number of ether oxygens (including phenoxy) is 1. The fourth-order valence-electron chi connectivity index (χ4n) is 1.92. The lowest BCUT2D eigenvalue weighted by atomic mass is 10.2. The van der Waals surface area contributed by atoms with Crippen molar-refractivity contribution in [3.8, 4) is 5.75 Å². The largest absolute Gasteiger partial charge is 0.484 e. The van der Waals surface area contributed by atoms with Crippen molar-refractivity contribution in [2.24, 2.45) is 0 Å². The first-order valence-corrected chi connectivity index (χ1v) is 8.44. The van der Waals surface area contributed by atoms with Crippen molar-refractivity contribution in [3.63, 3.8) is 0 Å². The molecule has 2 aromatic carbocycles. The number of carbonyl (C=O) groups is 2. The number of rotatable bonds is 7. The van der Waals surface area contributed by atoms with Crippen molar-refractivity contribution in [3.05, 3.63) is 58.6 Å². The van der Waals surface area contributed by atoms with E-state index in [2.05, 4.69) is 26.6 Å². The van der Waals surface area contributed by atoms with Gasteiger partial charge in [-0.1, -0.05) is 22.9 Å². The number of halogens is 1. The van der Waals surface area contributed by atoms with Gasteiger partial charge in [0.1, 0.15) is 5.75 Å². The van der Waals surface area contributed by atoms with Gasteiger partial charge in [-0.15, -0.1) is 0 Å². The zero-order valence-corrected chi connectivity index (χ0v) is 14.9. The maximum atomic E-state index is 11.9. The van der Waals surface area contributed by atoms with Crippen molar-refractivity contribution in [2.45, 2.75) is 13.3 Å². The highest BCUT2D eigenvalue weighted by Crippen LogP contribution is 2.16. The molecule has 0 aliphatic carbocycles. The Kier molecular flexibility index (Phi) is 6.81. The molecule has 24 heavy (non-hydrogen) atoms. The zero-order chi connectivity index (χ0) is 17.4. The summed E-state index contributed by atoms with van der Waals surface area (Å²) in [6.07, 6.45) is 0.887. The van der Waals surface area contributed by atoms with Crippen LogP contribution in [0.5, 0.6) is 5.75 Å². The molecule has 0 atom stereocenters. The molecular formula is C18H19BrN2O3. The van der Waals surface area contributed by atoms with Crippen molar-refractivity contribution in [2.75, 3.05) is 18.5 Å². The zero-order valence-electron chi connectivity index (χ0n) is 13.3. The van der Waals surface area contributed by atoms with Crippen LogP contribution in [0.4, 0.5) is 5.69 Å². The number of nitrogens with one attached hydrogen (secondary N) is 2. The standard InChI is InChI=1S/C18H19BrN2O3/c1-2-11-20-18(23)13-3-7-15(8-4-13)21-17(22)12-24-16-9-5-14(19)6-10-16/h3-10H,2,11-12H2,1H3,(H,20,23)(H,21,22). The van der Waals surface area contributed by atoms with E-state index in [1.807, 2.05) is 19.1 Å². The van der Waals surface area contributed by atoms with Crippen LogP contribution in [-0.4, -0.2) is 25.0 Å². The van der Waals surface area contributed by atoms with E-state index in [0.717, 1.165) is 10.9 Å². The molecule has 0 aliphatic rings. The summed E-state index contributed by atoms with van der Waals surface area (Å²) in [6.45, 7) is 2.56. The van der Waals surface area contributed by atoms with Gasteiger partial charge in [0.05, 0.1) is 0 Å². The fraction of sp³-hybridized carbons (Fsp3) is 0.222. The van der Waals surface area contributed by atoms with Gasteiger partial charge in [0.25, 0.3) is 11.8 Å². The van der Waals surface area contributed by atoms with Crippen molar-refractivity contribution >= 4 is 33.4 Å². The van der Waals surface area contributed by atoms with Crippen molar-refractivity contribution in [1.82, 2.24) is 5.32 Å². The third-order valence-electron chi connectivity index (χ3n) is 3.15. The molecule has 0 bridgehead atoms. The van der Waals surface area contributed by atoms with Crippen LogP contribution in [0, 0.1) is 0 Å². The molecule has 0 radical (unpaired) electrons. The summed E-state index contributed by atoms with van der Waals surface area (Å²) in [5.41, 5.74) is 1.18. The van der Waals surface area contributed by atoms with Gasteiger partial charge in [-0.3, -0.25) is 9.59 Å². The van der Waals surface area contributed by atoms with Gasteiger partial charge in [0.2, 0.25) is 0 Å². The first-order valence-electron chi connectivity index (χ1n) is 7.65. The molecular weight excluding hydrogens is 372 g/mol. The van der Waals surface area contributed by atoms with E-state index in [1.54, 1.807) is 36.4 Å². The van der Waals surface area contributed by atoms with E-state index < -0.39 is 0 Å². The van der Waals surface area contributed by atoms with Crippen LogP contribution in [0.15, 0.2) is 53.0 Å². The molecule has 0 heterocycles. The van der Waals surface area contributed by atoms with E-state index in [4.69, 9.17) is 4.74 Å². The average molecular weight is 391 g/mol. The van der Waals surface area contributed by atoms with Crippen molar-refractivity contribution < 1.29 is 14.3 Å². The second kappa shape index (κ2) is 9.08. The Labute approximate surface area is 149 Å². The topological polar surface area (TPSA) is 67.4 Å². The maximum Gasteiger partial charge on any atom is 0.262 e. The summed E-state index contributed by atoms with van der Waals surface area (Å²) < 4.78 is 6.35. The van der Waals surface area contributed by atoms with E-state index in [-0.39, 0.29) is 18.4 Å². The second-order valence-electron chi connectivity index (χ2n) is 5.12. The Morgan fingerprint density at radius 3 is 2.33 bits per heavy atom. The second-order valence-corrected chi connectivity index (χ2v) is 6.04. The SMILES string of the molecule is CCCNC(=O)c1ccc(NC(=O)COc2ccc(Br)cc2)cc1. The quantitative estimate of drug-likeness (QED) is 0.758.